The zero-order valence-corrected chi connectivity index (χ0v) is 9.64. The van der Waals surface area contributed by atoms with E-state index in [9.17, 15) is 4.79 Å². The van der Waals surface area contributed by atoms with Gasteiger partial charge in [-0.3, -0.25) is 4.79 Å². The third-order valence-corrected chi connectivity index (χ3v) is 4.10. The van der Waals surface area contributed by atoms with Gasteiger partial charge in [-0.1, -0.05) is 19.9 Å². The van der Waals surface area contributed by atoms with Crippen molar-refractivity contribution >= 4 is 5.97 Å². The summed E-state index contributed by atoms with van der Waals surface area (Å²) in [6.07, 6.45) is 10.7. The molecule has 2 nitrogen and oxygen atoms in total. The van der Waals surface area contributed by atoms with Gasteiger partial charge < -0.3 is 4.74 Å². The van der Waals surface area contributed by atoms with Crippen LogP contribution in [-0.2, 0) is 9.53 Å². The van der Waals surface area contributed by atoms with Crippen LogP contribution in [0.25, 0.3) is 0 Å². The van der Waals surface area contributed by atoms with Crippen LogP contribution in [0.15, 0.2) is 6.08 Å². The molecular formula is C13H19O2. The lowest BCUT2D eigenvalue weighted by atomic mass is 9.73. The van der Waals surface area contributed by atoms with Crippen molar-refractivity contribution in [1.29, 1.82) is 0 Å². The van der Waals surface area contributed by atoms with Gasteiger partial charge in [0.2, 0.25) is 0 Å². The zero-order valence-electron chi connectivity index (χ0n) is 9.64. The molecule has 0 amide bonds. The predicted octanol–water partition coefficient (Wildman–Crippen LogP) is 3.02. The SMILES string of the molecule is CCC1(CC)CC2(CC=[C]CC2)OC1=O. The van der Waals surface area contributed by atoms with Crippen LogP contribution in [-0.4, -0.2) is 11.6 Å². The smallest absolute Gasteiger partial charge is 0.312 e. The van der Waals surface area contributed by atoms with Gasteiger partial charge in [0.1, 0.15) is 5.60 Å². The van der Waals surface area contributed by atoms with E-state index in [1.54, 1.807) is 0 Å². The van der Waals surface area contributed by atoms with Crippen molar-refractivity contribution in [2.24, 2.45) is 5.41 Å². The van der Waals surface area contributed by atoms with E-state index in [4.69, 9.17) is 4.74 Å². The molecule has 0 bridgehead atoms. The minimum Gasteiger partial charge on any atom is -0.458 e. The number of carbonyl (C=O) groups excluding carboxylic acids is 1. The summed E-state index contributed by atoms with van der Waals surface area (Å²) in [5.41, 5.74) is -0.389. The highest BCUT2D eigenvalue weighted by atomic mass is 16.6. The van der Waals surface area contributed by atoms with Gasteiger partial charge >= 0.3 is 5.97 Å². The van der Waals surface area contributed by atoms with Crippen LogP contribution in [0.2, 0.25) is 0 Å². The lowest BCUT2D eigenvalue weighted by Crippen LogP contribution is -2.30. The molecule has 1 atom stereocenters. The van der Waals surface area contributed by atoms with Crippen LogP contribution < -0.4 is 0 Å². The van der Waals surface area contributed by atoms with Crippen molar-refractivity contribution in [2.45, 2.75) is 58.0 Å². The van der Waals surface area contributed by atoms with Gasteiger partial charge in [0, 0.05) is 12.8 Å². The Bertz CT molecular complexity index is 289. The Kier molecular flexibility index (Phi) is 2.61. The first-order valence-corrected chi connectivity index (χ1v) is 5.95. The maximum Gasteiger partial charge on any atom is 0.312 e. The first-order valence-electron chi connectivity index (χ1n) is 5.95. The summed E-state index contributed by atoms with van der Waals surface area (Å²) >= 11 is 0. The number of hydrogen-bond donors (Lipinski definition) is 0. The summed E-state index contributed by atoms with van der Waals surface area (Å²) in [6.45, 7) is 4.18. The monoisotopic (exact) mass is 207 g/mol. The molecule has 1 fully saturated rings. The standard InChI is InChI=1S/C13H19O2/c1-3-12(4-2)10-13(15-11(12)14)8-6-5-7-9-13/h6H,3-4,7-10H2,1-2H3. The van der Waals surface area contributed by atoms with Crippen LogP contribution in [0, 0.1) is 11.5 Å². The number of allylic oxidation sites excluding steroid dienone is 1. The zero-order chi connectivity index (χ0) is 10.9. The second-order valence-corrected chi connectivity index (χ2v) is 4.85. The fourth-order valence-corrected chi connectivity index (χ4v) is 2.83. The van der Waals surface area contributed by atoms with E-state index in [1.807, 2.05) is 6.08 Å². The summed E-state index contributed by atoms with van der Waals surface area (Å²) in [5, 5.41) is 0. The molecule has 1 heterocycles. The summed E-state index contributed by atoms with van der Waals surface area (Å²) in [7, 11) is 0. The van der Waals surface area contributed by atoms with Crippen LogP contribution in [0.1, 0.15) is 52.4 Å². The van der Waals surface area contributed by atoms with Crippen molar-refractivity contribution in [3.63, 3.8) is 0 Å². The van der Waals surface area contributed by atoms with Gasteiger partial charge in [0.25, 0.3) is 0 Å². The molecule has 1 unspecified atom stereocenters. The van der Waals surface area contributed by atoms with E-state index in [1.165, 1.54) is 0 Å². The molecule has 0 aromatic rings. The maximum atomic E-state index is 12.0. The molecule has 1 spiro atoms. The van der Waals surface area contributed by atoms with Crippen molar-refractivity contribution in [3.05, 3.63) is 12.2 Å². The first kappa shape index (κ1) is 10.7. The van der Waals surface area contributed by atoms with Gasteiger partial charge in [0.05, 0.1) is 5.41 Å². The highest BCUT2D eigenvalue weighted by molar-refractivity contribution is 5.79. The Hall–Kier alpha value is -0.790. The summed E-state index contributed by atoms with van der Waals surface area (Å²) in [6, 6.07) is 0. The molecule has 2 aliphatic rings. The predicted molar refractivity (Wildman–Crippen MR) is 58.1 cm³/mol. The van der Waals surface area contributed by atoms with Crippen LogP contribution in [0.4, 0.5) is 0 Å². The quantitative estimate of drug-likeness (QED) is 0.651. The fraction of sp³-hybridized carbons (Fsp3) is 0.769. The molecule has 15 heavy (non-hydrogen) atoms. The third kappa shape index (κ3) is 1.60. The minimum atomic E-state index is -0.203. The molecule has 2 rings (SSSR count). The van der Waals surface area contributed by atoms with Gasteiger partial charge in [-0.05, 0) is 31.8 Å². The van der Waals surface area contributed by atoms with Crippen molar-refractivity contribution < 1.29 is 9.53 Å². The molecule has 0 aromatic carbocycles. The van der Waals surface area contributed by atoms with Gasteiger partial charge in [-0.2, -0.15) is 0 Å². The molecule has 1 radical (unpaired) electrons. The van der Waals surface area contributed by atoms with Crippen LogP contribution in [0.3, 0.4) is 0 Å². The molecule has 0 N–H and O–H groups in total. The Labute approximate surface area is 91.7 Å². The van der Waals surface area contributed by atoms with Crippen LogP contribution >= 0.6 is 0 Å². The highest BCUT2D eigenvalue weighted by Crippen LogP contribution is 2.49. The van der Waals surface area contributed by atoms with E-state index in [0.717, 1.165) is 38.5 Å². The summed E-state index contributed by atoms with van der Waals surface area (Å²) in [5.74, 6) is 0.0304. The topological polar surface area (TPSA) is 26.3 Å². The van der Waals surface area contributed by atoms with Gasteiger partial charge in [0.15, 0.2) is 0 Å². The Morgan fingerprint density at radius 1 is 1.47 bits per heavy atom. The molecule has 1 aliphatic carbocycles. The Morgan fingerprint density at radius 2 is 2.20 bits per heavy atom. The van der Waals surface area contributed by atoms with Crippen molar-refractivity contribution in [3.8, 4) is 0 Å². The molecule has 0 saturated carbocycles. The van der Waals surface area contributed by atoms with E-state index in [-0.39, 0.29) is 17.0 Å². The average Bonchev–Trinajstić information content (AvgIpc) is 2.53. The Morgan fingerprint density at radius 3 is 2.67 bits per heavy atom. The summed E-state index contributed by atoms with van der Waals surface area (Å²) < 4.78 is 5.68. The number of hydrogen-bond acceptors (Lipinski definition) is 2. The second-order valence-electron chi connectivity index (χ2n) is 4.85. The normalized spacial score (nSPS) is 33.3. The summed E-state index contributed by atoms with van der Waals surface area (Å²) in [4.78, 5) is 12.0. The Balaban J connectivity index is 2.21. The number of ether oxygens (including phenoxy) is 1. The van der Waals surface area contributed by atoms with Crippen molar-refractivity contribution in [2.75, 3.05) is 0 Å². The highest BCUT2D eigenvalue weighted by Gasteiger charge is 2.54. The second kappa shape index (κ2) is 3.66. The lowest BCUT2D eigenvalue weighted by Gasteiger charge is -2.29. The largest absolute Gasteiger partial charge is 0.458 e. The van der Waals surface area contributed by atoms with E-state index in [0.29, 0.717) is 0 Å². The van der Waals surface area contributed by atoms with E-state index >= 15 is 0 Å². The minimum absolute atomic E-state index is 0.0304. The third-order valence-electron chi connectivity index (χ3n) is 4.10. The molecule has 1 saturated heterocycles. The molecular weight excluding hydrogens is 188 g/mol. The average molecular weight is 207 g/mol. The number of esters is 1. The molecule has 2 heteroatoms. The fourth-order valence-electron chi connectivity index (χ4n) is 2.83. The lowest BCUT2D eigenvalue weighted by molar-refractivity contribution is -0.154. The molecule has 0 aromatic heterocycles. The van der Waals surface area contributed by atoms with E-state index < -0.39 is 0 Å². The van der Waals surface area contributed by atoms with Crippen molar-refractivity contribution in [1.82, 2.24) is 0 Å². The van der Waals surface area contributed by atoms with E-state index in [2.05, 4.69) is 19.9 Å². The van der Waals surface area contributed by atoms with Crippen LogP contribution in [0.5, 0.6) is 0 Å². The van der Waals surface area contributed by atoms with Gasteiger partial charge in [-0.15, -0.1) is 0 Å². The maximum absolute atomic E-state index is 12.0. The first-order chi connectivity index (χ1) is 7.16. The van der Waals surface area contributed by atoms with Gasteiger partial charge in [-0.25, -0.2) is 0 Å². The molecule has 83 valence electrons. The molecule has 1 aliphatic heterocycles. The number of rotatable bonds is 2. The number of carbonyl (C=O) groups is 1.